The number of unbranched alkanes of at least 4 members (excludes halogenated alkanes) is 2. The number of rotatable bonds is 13. The average Bonchev–Trinajstić information content (AvgIpc) is 2.62. The van der Waals surface area contributed by atoms with Crippen LogP contribution in [0.5, 0.6) is 0 Å². The lowest BCUT2D eigenvalue weighted by molar-refractivity contribution is -0.384. The molecule has 170 valence electrons. The lowest BCUT2D eigenvalue weighted by atomic mass is 10.1. The maximum Gasteiger partial charge on any atom is 0.339 e. The van der Waals surface area contributed by atoms with E-state index in [1.165, 1.54) is 0 Å². The molecule has 30 heavy (non-hydrogen) atoms. The second-order valence-electron chi connectivity index (χ2n) is 6.01. The molecule has 0 aliphatic rings. The van der Waals surface area contributed by atoms with E-state index in [9.17, 15) is 36.1 Å². The molecule has 10 nitrogen and oxygen atoms in total. The standard InChI is InChI=1S/C15H19Cl2FN2O8S2/c16-5-1-3-7-29(25,26)20(30(27,28)8-4-2-6-17)13-10-11(19(23)24)9-12(14(13)18)15(21)22/h9-10H,1-8H2,(H,21,22). The Bertz CT molecular complexity index is 962. The number of aromatic carboxylic acids is 1. The van der Waals surface area contributed by atoms with E-state index in [4.69, 9.17) is 28.3 Å². The molecule has 0 aromatic heterocycles. The highest BCUT2D eigenvalue weighted by atomic mass is 35.5. The molecule has 0 atom stereocenters. The monoisotopic (exact) mass is 508 g/mol. The minimum absolute atomic E-state index is 0.0676. The van der Waals surface area contributed by atoms with Gasteiger partial charge in [0.25, 0.3) is 5.69 Å². The number of sulfonamides is 2. The number of nitro groups is 1. The van der Waals surface area contributed by atoms with Crippen molar-refractivity contribution in [2.24, 2.45) is 0 Å². The van der Waals surface area contributed by atoms with Gasteiger partial charge in [-0.3, -0.25) is 10.1 Å². The molecule has 0 bridgehead atoms. The summed E-state index contributed by atoms with van der Waals surface area (Å²) in [6.45, 7) is 0. The topological polar surface area (TPSA) is 152 Å². The van der Waals surface area contributed by atoms with Crippen LogP contribution in [0.15, 0.2) is 12.1 Å². The van der Waals surface area contributed by atoms with E-state index >= 15 is 0 Å². The van der Waals surface area contributed by atoms with Gasteiger partial charge in [-0.2, -0.15) is 3.71 Å². The first-order valence-corrected chi connectivity index (χ1v) is 12.8. The summed E-state index contributed by atoms with van der Waals surface area (Å²) in [5.41, 5.74) is -3.48. The normalized spacial score (nSPS) is 12.0. The molecule has 0 amide bonds. The number of nitrogens with zero attached hydrogens (tertiary/aromatic N) is 2. The number of carbonyl (C=O) groups is 1. The van der Waals surface area contributed by atoms with Gasteiger partial charge in [0.05, 0.1) is 16.4 Å². The summed E-state index contributed by atoms with van der Waals surface area (Å²) in [4.78, 5) is 21.3. The van der Waals surface area contributed by atoms with Crippen molar-refractivity contribution in [2.45, 2.75) is 25.7 Å². The molecule has 1 aromatic carbocycles. The predicted octanol–water partition coefficient (Wildman–Crippen LogP) is 2.94. The van der Waals surface area contributed by atoms with Gasteiger partial charge in [-0.15, -0.1) is 23.2 Å². The number of benzene rings is 1. The summed E-state index contributed by atoms with van der Waals surface area (Å²) in [5, 5.41) is 20.2. The summed E-state index contributed by atoms with van der Waals surface area (Å²) in [5.74, 6) is -4.98. The van der Waals surface area contributed by atoms with Crippen molar-refractivity contribution >= 4 is 60.6 Å². The molecular formula is C15H19Cl2FN2O8S2. The van der Waals surface area contributed by atoms with Crippen molar-refractivity contribution < 1.29 is 36.1 Å². The summed E-state index contributed by atoms with van der Waals surface area (Å²) >= 11 is 11.0. The van der Waals surface area contributed by atoms with Crippen LogP contribution in [0.4, 0.5) is 15.8 Å². The van der Waals surface area contributed by atoms with Gasteiger partial charge in [-0.05, 0) is 25.7 Å². The number of carboxylic acid groups (broad SMARTS) is 1. The number of anilines is 1. The SMILES string of the molecule is O=C(O)c1cc([N+](=O)[O-])cc(N(S(=O)(=O)CCCCCl)S(=O)(=O)CCCCCl)c1F. The van der Waals surface area contributed by atoms with Crippen LogP contribution in [0.25, 0.3) is 0 Å². The minimum Gasteiger partial charge on any atom is -0.478 e. The van der Waals surface area contributed by atoms with Gasteiger partial charge < -0.3 is 5.11 Å². The Morgan fingerprint density at radius 3 is 1.87 bits per heavy atom. The number of halogens is 3. The largest absolute Gasteiger partial charge is 0.478 e. The molecule has 0 radical (unpaired) electrons. The smallest absolute Gasteiger partial charge is 0.339 e. The van der Waals surface area contributed by atoms with Crippen LogP contribution in [0.1, 0.15) is 36.0 Å². The molecule has 1 aromatic rings. The predicted molar refractivity (Wildman–Crippen MR) is 110 cm³/mol. The Labute approximate surface area is 182 Å². The van der Waals surface area contributed by atoms with Crippen LogP contribution in [-0.4, -0.2) is 56.1 Å². The van der Waals surface area contributed by atoms with E-state index in [1.807, 2.05) is 0 Å². The Morgan fingerprint density at radius 1 is 1.03 bits per heavy atom. The number of hydrogen-bond acceptors (Lipinski definition) is 7. The minimum atomic E-state index is -4.75. The third-order valence-electron chi connectivity index (χ3n) is 3.75. The fourth-order valence-corrected chi connectivity index (χ4v) is 6.93. The summed E-state index contributed by atoms with van der Waals surface area (Å²) in [6.07, 6.45) is 0.279. The van der Waals surface area contributed by atoms with E-state index in [1.54, 1.807) is 0 Å². The lowest BCUT2D eigenvalue weighted by Crippen LogP contribution is -2.41. The van der Waals surface area contributed by atoms with Crippen LogP contribution < -0.4 is 3.71 Å². The highest BCUT2D eigenvalue weighted by molar-refractivity contribution is 8.10. The zero-order chi connectivity index (χ0) is 23.1. The molecule has 1 N–H and O–H groups in total. The summed E-state index contributed by atoms with van der Waals surface area (Å²) < 4.78 is 65.8. The molecule has 1 rings (SSSR count). The summed E-state index contributed by atoms with van der Waals surface area (Å²) in [6, 6.07) is 0.750. The van der Waals surface area contributed by atoms with E-state index in [0.717, 1.165) is 0 Å². The zero-order valence-electron chi connectivity index (χ0n) is 15.5. The first kappa shape index (κ1) is 26.3. The first-order chi connectivity index (χ1) is 13.9. The highest BCUT2D eigenvalue weighted by Gasteiger charge is 2.38. The van der Waals surface area contributed by atoms with Gasteiger partial charge in [0.1, 0.15) is 11.3 Å². The first-order valence-electron chi connectivity index (χ1n) is 8.48. The third kappa shape index (κ3) is 6.65. The molecule has 0 saturated carbocycles. The number of non-ortho nitro benzene ring substituents is 1. The fraction of sp³-hybridized carbons (Fsp3) is 0.533. The molecule has 0 aliphatic carbocycles. The van der Waals surface area contributed by atoms with Crippen molar-refractivity contribution in [2.75, 3.05) is 27.0 Å². The van der Waals surface area contributed by atoms with Gasteiger partial charge >= 0.3 is 5.97 Å². The van der Waals surface area contributed by atoms with E-state index in [0.29, 0.717) is 12.1 Å². The Balaban J connectivity index is 3.74. The highest BCUT2D eigenvalue weighted by Crippen LogP contribution is 2.33. The van der Waals surface area contributed by atoms with Crippen LogP contribution in [-0.2, 0) is 20.0 Å². The van der Waals surface area contributed by atoms with Gasteiger partial charge in [0.2, 0.25) is 20.0 Å². The zero-order valence-corrected chi connectivity index (χ0v) is 18.6. The van der Waals surface area contributed by atoms with Crippen molar-refractivity contribution in [3.8, 4) is 0 Å². The van der Waals surface area contributed by atoms with Crippen molar-refractivity contribution in [1.82, 2.24) is 0 Å². The van der Waals surface area contributed by atoms with E-state index < -0.39 is 65.2 Å². The van der Waals surface area contributed by atoms with Crippen molar-refractivity contribution in [3.05, 3.63) is 33.6 Å². The van der Waals surface area contributed by atoms with Crippen LogP contribution in [0, 0.1) is 15.9 Å². The maximum atomic E-state index is 14.8. The lowest BCUT2D eigenvalue weighted by Gasteiger charge is -2.24. The molecule has 0 saturated heterocycles. The van der Waals surface area contributed by atoms with Crippen LogP contribution in [0.3, 0.4) is 0 Å². The third-order valence-corrected chi connectivity index (χ3v) is 8.66. The van der Waals surface area contributed by atoms with Crippen molar-refractivity contribution in [3.63, 3.8) is 0 Å². The molecule has 0 fully saturated rings. The average molecular weight is 509 g/mol. The van der Waals surface area contributed by atoms with Crippen molar-refractivity contribution in [1.29, 1.82) is 0 Å². The maximum absolute atomic E-state index is 14.8. The van der Waals surface area contributed by atoms with Gasteiger partial charge in [0, 0.05) is 23.9 Å². The second-order valence-corrected chi connectivity index (χ2v) is 10.9. The van der Waals surface area contributed by atoms with Gasteiger partial charge in [-0.1, -0.05) is 0 Å². The molecule has 0 aliphatic heterocycles. The Kier molecular flexibility index (Phi) is 9.72. The molecular weight excluding hydrogens is 490 g/mol. The molecule has 0 heterocycles. The number of hydrogen-bond donors (Lipinski definition) is 1. The van der Waals surface area contributed by atoms with Crippen LogP contribution >= 0.6 is 23.2 Å². The quantitative estimate of drug-likeness (QED) is 0.184. The van der Waals surface area contributed by atoms with Gasteiger partial charge in [0.15, 0.2) is 5.82 Å². The Morgan fingerprint density at radius 2 is 1.50 bits per heavy atom. The second kappa shape index (κ2) is 11.1. The number of nitro benzene ring substituents is 1. The number of alkyl halides is 2. The fourth-order valence-electron chi connectivity index (χ4n) is 2.38. The molecule has 0 spiro atoms. The molecule has 0 unspecified atom stereocenters. The van der Waals surface area contributed by atoms with Gasteiger partial charge in [-0.25, -0.2) is 26.0 Å². The molecule has 15 heteroatoms. The van der Waals surface area contributed by atoms with E-state index in [2.05, 4.69) is 0 Å². The Hall–Kier alpha value is -1.70. The van der Waals surface area contributed by atoms with E-state index in [-0.39, 0.29) is 41.2 Å². The van der Waals surface area contributed by atoms with Crippen LogP contribution in [0.2, 0.25) is 0 Å². The summed E-state index contributed by atoms with van der Waals surface area (Å²) in [7, 11) is -9.50. The number of carboxylic acids is 1.